The molecule has 0 fully saturated rings. The lowest BCUT2D eigenvalue weighted by Crippen LogP contribution is -2.14. The van der Waals surface area contributed by atoms with E-state index in [4.69, 9.17) is 0 Å². The number of H-pyrrole nitrogens is 1. The molecule has 0 bridgehead atoms. The second-order valence-electron chi connectivity index (χ2n) is 8.22. The van der Waals surface area contributed by atoms with Crippen molar-refractivity contribution in [2.75, 3.05) is 22.1 Å². The number of rotatable bonds is 10. The van der Waals surface area contributed by atoms with Crippen LogP contribution in [0.25, 0.3) is 21.6 Å². The van der Waals surface area contributed by atoms with Gasteiger partial charge in [-0.1, -0.05) is 72.9 Å². The summed E-state index contributed by atoms with van der Waals surface area (Å²) in [7, 11) is 0. The predicted octanol–water partition coefficient (Wildman–Crippen LogP) is 6.11. The maximum atomic E-state index is 12.5. The van der Waals surface area contributed by atoms with Crippen molar-refractivity contribution in [1.29, 1.82) is 0 Å². The number of anilines is 2. The molecule has 2 aromatic heterocycles. The van der Waals surface area contributed by atoms with Gasteiger partial charge < -0.3 is 10.6 Å². The molecule has 0 unspecified atom stereocenters. The van der Waals surface area contributed by atoms with Crippen molar-refractivity contribution < 1.29 is 9.59 Å². The first-order valence-electron chi connectivity index (χ1n) is 11.9. The zero-order chi connectivity index (χ0) is 26.3. The molecule has 38 heavy (non-hydrogen) atoms. The molecule has 8 nitrogen and oxygen atoms in total. The molecule has 0 saturated carbocycles. The van der Waals surface area contributed by atoms with Crippen molar-refractivity contribution in [3.05, 3.63) is 78.4 Å². The second kappa shape index (κ2) is 12.2. The number of carbonyl (C=O) groups is 2. The highest BCUT2D eigenvalue weighted by Gasteiger charge is 2.12. The summed E-state index contributed by atoms with van der Waals surface area (Å²) in [5, 5.41) is 13.4. The van der Waals surface area contributed by atoms with Crippen LogP contribution in [0.3, 0.4) is 0 Å². The molecule has 2 amide bonds. The van der Waals surface area contributed by atoms with Crippen molar-refractivity contribution in [1.82, 2.24) is 20.2 Å². The third-order valence-electron chi connectivity index (χ3n) is 5.47. The number of benzene rings is 3. The normalized spacial score (nSPS) is 11.0. The fourth-order valence-corrected chi connectivity index (χ4v) is 6.06. The van der Waals surface area contributed by atoms with Gasteiger partial charge in [0.15, 0.2) is 10.2 Å². The lowest BCUT2D eigenvalue weighted by molar-refractivity contribution is -0.114. The lowest BCUT2D eigenvalue weighted by Gasteiger charge is -2.05. The van der Waals surface area contributed by atoms with Crippen LogP contribution in [0, 0.1) is 0 Å². The number of aromatic amines is 1. The molecule has 2 heterocycles. The molecule has 0 saturated heterocycles. The molecule has 5 aromatic rings. The van der Waals surface area contributed by atoms with Crippen molar-refractivity contribution in [2.24, 2.45) is 0 Å². The third-order valence-corrected chi connectivity index (χ3v) is 8.48. The Morgan fingerprint density at radius 2 is 1.58 bits per heavy atom. The first kappa shape index (κ1) is 26.0. The summed E-state index contributed by atoms with van der Waals surface area (Å²) in [6.45, 7) is 2.10. The minimum atomic E-state index is -0.150. The molecule has 0 atom stereocenters. The number of nitrogens with one attached hydrogen (secondary N) is 3. The fourth-order valence-electron chi connectivity index (χ4n) is 3.55. The van der Waals surface area contributed by atoms with Gasteiger partial charge in [0, 0.05) is 16.9 Å². The first-order valence-corrected chi connectivity index (χ1v) is 14.7. The van der Waals surface area contributed by atoms with Gasteiger partial charge in [0.05, 0.1) is 21.7 Å². The SMILES string of the molecule is CCc1ccc(NC(=O)CSc2nc3ccc(NC(=O)CSc4n[nH]c(-c5ccccc5)n4)cc3s2)cc1. The van der Waals surface area contributed by atoms with E-state index in [9.17, 15) is 9.59 Å². The first-order chi connectivity index (χ1) is 18.6. The van der Waals surface area contributed by atoms with Crippen LogP contribution in [0.15, 0.2) is 82.3 Å². The number of thioether (sulfide) groups is 2. The number of hydrogen-bond acceptors (Lipinski definition) is 8. The van der Waals surface area contributed by atoms with Crippen LogP contribution < -0.4 is 10.6 Å². The molecule has 5 rings (SSSR count). The van der Waals surface area contributed by atoms with E-state index in [-0.39, 0.29) is 23.3 Å². The van der Waals surface area contributed by atoms with Crippen LogP contribution in [-0.4, -0.2) is 43.5 Å². The molecular formula is C27H24N6O2S3. The van der Waals surface area contributed by atoms with Gasteiger partial charge in [0.25, 0.3) is 0 Å². The molecular weight excluding hydrogens is 537 g/mol. The number of thiazole rings is 1. The van der Waals surface area contributed by atoms with Crippen LogP contribution in [0.5, 0.6) is 0 Å². The van der Waals surface area contributed by atoms with E-state index in [2.05, 4.69) is 37.7 Å². The van der Waals surface area contributed by atoms with Gasteiger partial charge in [0.2, 0.25) is 17.0 Å². The van der Waals surface area contributed by atoms with E-state index in [1.54, 1.807) is 0 Å². The van der Waals surface area contributed by atoms with E-state index in [0.29, 0.717) is 16.7 Å². The Morgan fingerprint density at radius 3 is 2.34 bits per heavy atom. The summed E-state index contributed by atoms with van der Waals surface area (Å²) in [5.41, 5.74) is 4.48. The third kappa shape index (κ3) is 6.80. The number of fused-ring (bicyclic) bond motifs is 1. The summed E-state index contributed by atoms with van der Waals surface area (Å²) < 4.78 is 1.74. The minimum absolute atomic E-state index is 0.0775. The van der Waals surface area contributed by atoms with Crippen LogP contribution in [0.2, 0.25) is 0 Å². The van der Waals surface area contributed by atoms with E-state index in [0.717, 1.165) is 32.2 Å². The predicted molar refractivity (Wildman–Crippen MR) is 156 cm³/mol. The van der Waals surface area contributed by atoms with Gasteiger partial charge in [-0.15, -0.1) is 16.4 Å². The van der Waals surface area contributed by atoms with Crippen LogP contribution in [-0.2, 0) is 16.0 Å². The smallest absolute Gasteiger partial charge is 0.234 e. The highest BCUT2D eigenvalue weighted by molar-refractivity contribution is 8.01. The topological polar surface area (TPSA) is 113 Å². The maximum absolute atomic E-state index is 12.5. The van der Waals surface area contributed by atoms with Gasteiger partial charge in [-0.2, -0.15) is 0 Å². The number of nitrogens with zero attached hydrogens (tertiary/aromatic N) is 3. The summed E-state index contributed by atoms with van der Waals surface area (Å²) in [6.07, 6.45) is 0.963. The summed E-state index contributed by atoms with van der Waals surface area (Å²) in [6, 6.07) is 23.2. The number of carbonyl (C=O) groups excluding carboxylic acids is 2. The molecule has 0 aliphatic heterocycles. The zero-order valence-corrected chi connectivity index (χ0v) is 22.9. The molecule has 3 N–H and O–H groups in total. The van der Waals surface area contributed by atoms with Crippen LogP contribution >= 0.6 is 34.9 Å². The van der Waals surface area contributed by atoms with Crippen LogP contribution in [0.1, 0.15) is 12.5 Å². The van der Waals surface area contributed by atoms with Gasteiger partial charge >= 0.3 is 0 Å². The highest BCUT2D eigenvalue weighted by Crippen LogP contribution is 2.31. The van der Waals surface area contributed by atoms with Crippen molar-refractivity contribution in [2.45, 2.75) is 22.8 Å². The Morgan fingerprint density at radius 1 is 0.868 bits per heavy atom. The summed E-state index contributed by atoms with van der Waals surface area (Å²) >= 11 is 4.15. The van der Waals surface area contributed by atoms with E-state index < -0.39 is 0 Å². The Hall–Kier alpha value is -3.67. The van der Waals surface area contributed by atoms with Crippen molar-refractivity contribution in [3.8, 4) is 11.4 Å². The quantitative estimate of drug-likeness (QED) is 0.177. The average molecular weight is 561 g/mol. The average Bonchev–Trinajstić information content (AvgIpc) is 3.58. The van der Waals surface area contributed by atoms with Gasteiger partial charge in [-0.25, -0.2) is 9.97 Å². The number of aromatic nitrogens is 4. The maximum Gasteiger partial charge on any atom is 0.234 e. The number of amides is 2. The van der Waals surface area contributed by atoms with Gasteiger partial charge in [0.1, 0.15) is 0 Å². The minimum Gasteiger partial charge on any atom is -0.325 e. The number of hydrogen-bond donors (Lipinski definition) is 3. The highest BCUT2D eigenvalue weighted by atomic mass is 32.2. The van der Waals surface area contributed by atoms with E-state index >= 15 is 0 Å². The Labute approximate surface area is 232 Å². The molecule has 0 aliphatic carbocycles. The summed E-state index contributed by atoms with van der Waals surface area (Å²) in [4.78, 5) is 33.9. The van der Waals surface area contributed by atoms with E-state index in [1.807, 2.05) is 72.8 Å². The van der Waals surface area contributed by atoms with Crippen molar-refractivity contribution in [3.63, 3.8) is 0 Å². The Balaban J connectivity index is 1.12. The molecule has 0 spiro atoms. The monoisotopic (exact) mass is 560 g/mol. The Bertz CT molecular complexity index is 1550. The largest absolute Gasteiger partial charge is 0.325 e. The lowest BCUT2D eigenvalue weighted by atomic mass is 10.1. The van der Waals surface area contributed by atoms with Crippen molar-refractivity contribution >= 4 is 68.3 Å². The molecule has 3 aromatic carbocycles. The standard InChI is InChI=1S/C27H24N6O2S3/c1-2-17-8-10-19(11-9-17)28-24(35)16-37-27-30-21-13-12-20(14-22(21)38-27)29-23(34)15-36-26-31-25(32-33-26)18-6-4-3-5-7-18/h3-14H,2,15-16H2,1H3,(H,28,35)(H,29,34)(H,31,32,33). The zero-order valence-electron chi connectivity index (χ0n) is 20.4. The van der Waals surface area contributed by atoms with Gasteiger partial charge in [-0.3, -0.25) is 14.7 Å². The molecule has 192 valence electrons. The fraction of sp³-hybridized carbons (Fsp3) is 0.148. The molecule has 0 aliphatic rings. The van der Waals surface area contributed by atoms with E-state index in [1.165, 1.54) is 40.4 Å². The summed E-state index contributed by atoms with van der Waals surface area (Å²) in [5.74, 6) is 0.892. The molecule has 0 radical (unpaired) electrons. The molecule has 11 heteroatoms. The Kier molecular flexibility index (Phi) is 8.37. The number of aryl methyl sites for hydroxylation is 1. The second-order valence-corrected chi connectivity index (χ2v) is 11.4. The van der Waals surface area contributed by atoms with Gasteiger partial charge in [-0.05, 0) is 42.3 Å². The van der Waals surface area contributed by atoms with Crippen LogP contribution in [0.4, 0.5) is 11.4 Å².